The monoisotopic (exact) mass is 955 g/mol. The third-order valence-corrected chi connectivity index (χ3v) is 18.1. The van der Waals surface area contributed by atoms with Gasteiger partial charge in [0, 0.05) is 37.0 Å². The first-order chi connectivity index (χ1) is 33.5. The molecule has 4 saturated heterocycles. The van der Waals surface area contributed by atoms with E-state index in [-0.39, 0.29) is 0 Å². The molecule has 0 bridgehead atoms. The minimum Gasteiger partial charge on any atom is -0.366 e. The third kappa shape index (κ3) is 28.3. The second-order valence-electron chi connectivity index (χ2n) is 23.9. The minimum absolute atomic E-state index is 0.443. The Hall–Kier alpha value is -0.240. The molecule has 402 valence electrons. The molecule has 0 aliphatic carbocycles. The molecule has 0 aromatic rings. The summed E-state index contributed by atoms with van der Waals surface area (Å²) in [5.41, 5.74) is 0. The number of hydrogen-bond donors (Lipinski definition) is 2. The van der Waals surface area contributed by atoms with Crippen molar-refractivity contribution >= 4 is 0 Å². The predicted molar refractivity (Wildman–Crippen MR) is 297 cm³/mol. The van der Waals surface area contributed by atoms with Gasteiger partial charge in [0.2, 0.25) is 0 Å². The Kier molecular flexibility index (Phi) is 35.6. The summed E-state index contributed by atoms with van der Waals surface area (Å²) in [5, 5.41) is 24.4. The van der Waals surface area contributed by atoms with Crippen LogP contribution in [0, 0.1) is 0 Å². The van der Waals surface area contributed by atoms with Gasteiger partial charge >= 0.3 is 0 Å². The Morgan fingerprint density at radius 2 is 0.456 bits per heavy atom. The van der Waals surface area contributed by atoms with Gasteiger partial charge in [0.15, 0.2) is 5.79 Å². The summed E-state index contributed by atoms with van der Waals surface area (Å²) in [7, 11) is 0. The molecule has 4 atom stereocenters. The minimum atomic E-state index is -1.60. The van der Waals surface area contributed by atoms with Gasteiger partial charge < -0.3 is 29.8 Å². The highest BCUT2D eigenvalue weighted by Crippen LogP contribution is 2.30. The molecule has 6 nitrogen and oxygen atoms in total. The van der Waals surface area contributed by atoms with Crippen molar-refractivity contribution in [3.8, 4) is 0 Å². The molecule has 4 aliphatic heterocycles. The van der Waals surface area contributed by atoms with Crippen LogP contribution in [-0.4, -0.2) is 112 Å². The van der Waals surface area contributed by atoms with Gasteiger partial charge in [-0.25, -0.2) is 0 Å². The molecular formula is C62H122N4O2. The molecule has 0 aromatic heterocycles. The fourth-order valence-electron chi connectivity index (χ4n) is 13.6. The first-order valence-electron chi connectivity index (χ1n) is 31.9. The molecule has 6 heteroatoms. The highest BCUT2D eigenvalue weighted by Gasteiger charge is 2.31. The predicted octanol–water partition coefficient (Wildman–Crippen LogP) is 16.8. The molecule has 4 aliphatic rings. The lowest BCUT2D eigenvalue weighted by Crippen LogP contribution is -2.43. The van der Waals surface area contributed by atoms with Crippen molar-refractivity contribution in [3.05, 3.63) is 0 Å². The molecule has 0 radical (unpaired) electrons. The second kappa shape index (κ2) is 40.2. The van der Waals surface area contributed by atoms with E-state index in [1.807, 2.05) is 0 Å². The smallest absolute Gasteiger partial charge is 0.162 e. The number of aliphatic hydroxyl groups is 2. The molecule has 0 saturated carbocycles. The molecule has 4 heterocycles. The van der Waals surface area contributed by atoms with Crippen molar-refractivity contribution < 1.29 is 10.2 Å². The van der Waals surface area contributed by atoms with Gasteiger partial charge in [-0.1, -0.05) is 200 Å². The summed E-state index contributed by atoms with van der Waals surface area (Å²) >= 11 is 0. The highest BCUT2D eigenvalue weighted by molar-refractivity contribution is 4.84. The quantitative estimate of drug-likeness (QED) is 0.126. The topological polar surface area (TPSA) is 53.4 Å². The molecule has 68 heavy (non-hydrogen) atoms. The van der Waals surface area contributed by atoms with Gasteiger partial charge in [-0.15, -0.1) is 0 Å². The average molecular weight is 956 g/mol. The average Bonchev–Trinajstić information content (AvgIpc) is 3.31. The van der Waals surface area contributed by atoms with E-state index in [0.29, 0.717) is 37.0 Å². The summed E-state index contributed by atoms with van der Waals surface area (Å²) < 4.78 is 0. The number of rotatable bonds is 19. The largest absolute Gasteiger partial charge is 0.366 e. The summed E-state index contributed by atoms with van der Waals surface area (Å²) in [4.78, 5) is 11.6. The zero-order chi connectivity index (χ0) is 48.0. The summed E-state index contributed by atoms with van der Waals surface area (Å²) in [5.74, 6) is -1.60. The van der Waals surface area contributed by atoms with Gasteiger partial charge in [-0.05, 0) is 155 Å². The van der Waals surface area contributed by atoms with Crippen molar-refractivity contribution in [3.63, 3.8) is 0 Å². The lowest BCUT2D eigenvalue weighted by atomic mass is 9.91. The van der Waals surface area contributed by atoms with Crippen LogP contribution in [0.5, 0.6) is 0 Å². The van der Waals surface area contributed by atoms with Crippen molar-refractivity contribution in [2.45, 2.75) is 346 Å². The maximum absolute atomic E-state index is 12.2. The Labute approximate surface area is 426 Å². The van der Waals surface area contributed by atoms with E-state index in [1.165, 1.54) is 328 Å². The van der Waals surface area contributed by atoms with Crippen molar-refractivity contribution in [2.75, 3.05) is 52.4 Å². The molecular weight excluding hydrogens is 833 g/mol. The van der Waals surface area contributed by atoms with E-state index in [1.54, 1.807) is 0 Å². The van der Waals surface area contributed by atoms with Crippen LogP contribution in [0.25, 0.3) is 0 Å². The summed E-state index contributed by atoms with van der Waals surface area (Å²) in [6.45, 7) is 14.8. The van der Waals surface area contributed by atoms with Gasteiger partial charge in [-0.3, -0.25) is 0 Å². The SMILES string of the molecule is CCCC(CCC(CCC(O)(O)CCC(CCC(CC)N1CCCCCCCCCCC1)N1CCCCCCCCCCC1)N1CCCCCCCCCCC1)N1CCCCCCCCCCC1. The molecule has 4 fully saturated rings. The van der Waals surface area contributed by atoms with Crippen LogP contribution >= 0.6 is 0 Å². The molecule has 2 N–H and O–H groups in total. The van der Waals surface area contributed by atoms with E-state index < -0.39 is 5.79 Å². The first kappa shape index (κ1) is 60.3. The lowest BCUT2D eigenvalue weighted by Gasteiger charge is -2.38. The molecule has 0 amide bonds. The lowest BCUT2D eigenvalue weighted by molar-refractivity contribution is -0.176. The van der Waals surface area contributed by atoms with Gasteiger partial charge in [0.1, 0.15) is 0 Å². The van der Waals surface area contributed by atoms with Crippen LogP contribution in [0.2, 0.25) is 0 Å². The maximum atomic E-state index is 12.2. The van der Waals surface area contributed by atoms with Gasteiger partial charge in [0.25, 0.3) is 0 Å². The van der Waals surface area contributed by atoms with Gasteiger partial charge in [-0.2, -0.15) is 0 Å². The normalized spacial score (nSPS) is 24.7. The number of nitrogens with zero attached hydrogens (tertiary/aromatic N) is 4. The molecule has 4 rings (SSSR count). The van der Waals surface area contributed by atoms with Crippen molar-refractivity contribution in [2.24, 2.45) is 0 Å². The summed E-state index contributed by atoms with van der Waals surface area (Å²) in [6, 6.07) is 2.21. The Morgan fingerprint density at radius 3 is 0.676 bits per heavy atom. The van der Waals surface area contributed by atoms with Gasteiger partial charge in [0.05, 0.1) is 0 Å². The van der Waals surface area contributed by atoms with Crippen LogP contribution in [0.15, 0.2) is 0 Å². The van der Waals surface area contributed by atoms with Crippen LogP contribution < -0.4 is 0 Å². The van der Waals surface area contributed by atoms with Crippen LogP contribution in [-0.2, 0) is 0 Å². The van der Waals surface area contributed by atoms with Crippen molar-refractivity contribution in [1.82, 2.24) is 19.6 Å². The van der Waals surface area contributed by atoms with E-state index in [9.17, 15) is 10.2 Å². The zero-order valence-electron chi connectivity index (χ0n) is 46.4. The third-order valence-electron chi connectivity index (χ3n) is 18.1. The van der Waals surface area contributed by atoms with Crippen LogP contribution in [0.4, 0.5) is 0 Å². The Bertz CT molecular complexity index is 1070. The van der Waals surface area contributed by atoms with Crippen molar-refractivity contribution in [1.29, 1.82) is 0 Å². The molecule has 0 aromatic carbocycles. The maximum Gasteiger partial charge on any atom is 0.162 e. The van der Waals surface area contributed by atoms with E-state index in [2.05, 4.69) is 33.4 Å². The Balaban J connectivity index is 1.48. The standard InChI is InChI=1S/C62H122N4O2/c1-3-41-59(64-52-35-27-19-11-6-12-20-28-36-53-64)44-45-61(66-56-39-31-23-15-8-16-24-32-40-57-66)47-49-62(67,68)48-46-60(65-54-37-29-21-13-7-14-22-30-38-55-65)43-42-58(4-2)63-50-33-25-17-9-5-10-18-26-34-51-63/h58-61,67-68H,3-57H2,1-2H3. The summed E-state index contributed by atoms with van der Waals surface area (Å²) in [6.07, 6.45) is 61.7. The van der Waals surface area contributed by atoms with E-state index >= 15 is 0 Å². The number of hydrogen-bond acceptors (Lipinski definition) is 6. The van der Waals surface area contributed by atoms with Crippen LogP contribution in [0.1, 0.15) is 316 Å². The fourth-order valence-corrected chi connectivity index (χ4v) is 13.6. The Morgan fingerprint density at radius 1 is 0.265 bits per heavy atom. The molecule has 4 unspecified atom stereocenters. The van der Waals surface area contributed by atoms with Crippen LogP contribution in [0.3, 0.4) is 0 Å². The fraction of sp³-hybridized carbons (Fsp3) is 1.00. The zero-order valence-corrected chi connectivity index (χ0v) is 46.4. The second-order valence-corrected chi connectivity index (χ2v) is 23.9. The first-order valence-corrected chi connectivity index (χ1v) is 31.9. The van der Waals surface area contributed by atoms with E-state index in [0.717, 1.165) is 12.8 Å². The van der Waals surface area contributed by atoms with E-state index in [4.69, 9.17) is 0 Å². The molecule has 0 spiro atoms. The highest BCUT2D eigenvalue weighted by atomic mass is 16.5.